The largest absolute Gasteiger partial charge is 0.379 e. The molecular weight excluding hydrogens is 606 g/mol. The molecule has 242 valence electrons. The Bertz CT molecular complexity index is 1950. The van der Waals surface area contributed by atoms with Gasteiger partial charge in [0.25, 0.3) is 23.6 Å². The number of amides is 4. The van der Waals surface area contributed by atoms with E-state index in [1.807, 2.05) is 24.3 Å². The van der Waals surface area contributed by atoms with Gasteiger partial charge < -0.3 is 39.7 Å². The van der Waals surface area contributed by atoms with Crippen LogP contribution in [0, 0.1) is 0 Å². The molecular formula is C32H33N9O6. The number of morpholine rings is 1. The monoisotopic (exact) mass is 639 g/mol. The zero-order valence-corrected chi connectivity index (χ0v) is 25.8. The molecule has 4 N–H and O–H groups in total. The first-order valence-corrected chi connectivity index (χ1v) is 14.9. The maximum atomic E-state index is 13.1. The number of nitrogens with one attached hydrogen (secondary N) is 4. The van der Waals surface area contributed by atoms with E-state index in [1.165, 1.54) is 12.1 Å². The van der Waals surface area contributed by atoms with Crippen LogP contribution in [0.4, 0.5) is 17.2 Å². The van der Waals surface area contributed by atoms with Gasteiger partial charge in [-0.3, -0.25) is 29.1 Å². The standard InChI is InChI=1S/C32H33N9O6/c1-39-18-22(14-25(39)30(43)33-7-8-41-9-11-46-12-10-41)35-31(44)26-15-23(19-40(26)2)36-32(45)27-16-28(38-47-27)37-29(42)24-13-20-5-3-4-6-21(20)17-34-24/h3-6,13-19H,7-12H2,1-2H3,(H,33,43)(H,35,44)(H,36,45)(H,37,38,42). The van der Waals surface area contributed by atoms with Crippen molar-refractivity contribution in [3.63, 3.8) is 0 Å². The Kier molecular flexibility index (Phi) is 9.08. The Morgan fingerprint density at radius 2 is 1.45 bits per heavy atom. The molecule has 1 saturated heterocycles. The second-order valence-corrected chi connectivity index (χ2v) is 11.0. The molecule has 47 heavy (non-hydrogen) atoms. The maximum absolute atomic E-state index is 13.1. The van der Waals surface area contributed by atoms with Crippen LogP contribution in [0.25, 0.3) is 10.8 Å². The summed E-state index contributed by atoms with van der Waals surface area (Å²) in [5, 5.41) is 16.5. The maximum Gasteiger partial charge on any atom is 0.294 e. The van der Waals surface area contributed by atoms with E-state index in [0.29, 0.717) is 36.8 Å². The average Bonchev–Trinajstić information content (AvgIpc) is 3.79. The number of ether oxygens (including phenoxy) is 1. The van der Waals surface area contributed by atoms with E-state index in [0.717, 1.165) is 30.4 Å². The number of hydrogen-bond donors (Lipinski definition) is 4. The van der Waals surface area contributed by atoms with Crippen molar-refractivity contribution < 1.29 is 28.4 Å². The molecule has 4 aromatic heterocycles. The van der Waals surface area contributed by atoms with Crippen LogP contribution in [0.2, 0.25) is 0 Å². The quantitative estimate of drug-likeness (QED) is 0.179. The summed E-state index contributed by atoms with van der Waals surface area (Å²) in [4.78, 5) is 57.8. The average molecular weight is 640 g/mol. The summed E-state index contributed by atoms with van der Waals surface area (Å²) in [6, 6.07) is 13.6. The molecule has 0 aliphatic carbocycles. The highest BCUT2D eigenvalue weighted by molar-refractivity contribution is 6.08. The number of carbonyl (C=O) groups is 4. The van der Waals surface area contributed by atoms with Gasteiger partial charge in [-0.25, -0.2) is 0 Å². The molecule has 0 saturated carbocycles. The smallest absolute Gasteiger partial charge is 0.294 e. The van der Waals surface area contributed by atoms with Crippen molar-refractivity contribution in [2.45, 2.75) is 0 Å². The predicted octanol–water partition coefficient (Wildman–Crippen LogP) is 2.72. The summed E-state index contributed by atoms with van der Waals surface area (Å²) in [5.74, 6) is -1.94. The van der Waals surface area contributed by atoms with E-state index >= 15 is 0 Å². The number of aromatic nitrogens is 4. The molecule has 0 atom stereocenters. The van der Waals surface area contributed by atoms with Crippen LogP contribution >= 0.6 is 0 Å². The summed E-state index contributed by atoms with van der Waals surface area (Å²) in [6.45, 7) is 4.29. The molecule has 0 spiro atoms. The molecule has 1 aromatic carbocycles. The fraction of sp³-hybridized carbons (Fsp3) is 0.250. The molecule has 1 aliphatic rings. The van der Waals surface area contributed by atoms with Gasteiger partial charge in [-0.1, -0.05) is 29.4 Å². The van der Waals surface area contributed by atoms with Gasteiger partial charge in [0.1, 0.15) is 17.1 Å². The number of aryl methyl sites for hydroxylation is 2. The van der Waals surface area contributed by atoms with E-state index in [-0.39, 0.29) is 28.9 Å². The molecule has 0 bridgehead atoms. The van der Waals surface area contributed by atoms with E-state index < -0.39 is 17.7 Å². The minimum atomic E-state index is -0.633. The number of benzene rings is 1. The summed E-state index contributed by atoms with van der Waals surface area (Å²) in [7, 11) is 3.38. The van der Waals surface area contributed by atoms with Gasteiger partial charge >= 0.3 is 0 Å². The zero-order valence-electron chi connectivity index (χ0n) is 25.8. The highest BCUT2D eigenvalue weighted by Crippen LogP contribution is 2.20. The van der Waals surface area contributed by atoms with E-state index in [9.17, 15) is 19.2 Å². The molecule has 15 nitrogen and oxygen atoms in total. The van der Waals surface area contributed by atoms with Crippen LogP contribution < -0.4 is 21.3 Å². The molecule has 6 rings (SSSR count). The molecule has 5 aromatic rings. The SMILES string of the molecule is Cn1cc(NC(=O)c2cc(NC(=O)c3cc(NC(=O)c4cc5ccccc5cn4)no3)cn2C)cc1C(=O)NCCN1CCOCC1. The van der Waals surface area contributed by atoms with Gasteiger partial charge in [-0.15, -0.1) is 0 Å². The minimum absolute atomic E-state index is 0.0382. The summed E-state index contributed by atoms with van der Waals surface area (Å²) >= 11 is 0. The predicted molar refractivity (Wildman–Crippen MR) is 173 cm³/mol. The topological polar surface area (TPSA) is 178 Å². The molecule has 1 aliphatic heterocycles. The number of pyridine rings is 1. The molecule has 0 radical (unpaired) electrons. The Hall–Kier alpha value is -5.80. The van der Waals surface area contributed by atoms with Gasteiger partial charge in [-0.2, -0.15) is 0 Å². The zero-order chi connectivity index (χ0) is 32.9. The second-order valence-electron chi connectivity index (χ2n) is 11.0. The van der Waals surface area contributed by atoms with Crippen molar-refractivity contribution in [2.75, 3.05) is 55.3 Å². The fourth-order valence-electron chi connectivity index (χ4n) is 5.18. The lowest BCUT2D eigenvalue weighted by atomic mass is 10.1. The summed E-state index contributed by atoms with van der Waals surface area (Å²) in [5.41, 5.74) is 1.62. The lowest BCUT2D eigenvalue weighted by Gasteiger charge is -2.26. The van der Waals surface area contributed by atoms with Gasteiger partial charge in [0.05, 0.1) is 24.6 Å². The first-order valence-electron chi connectivity index (χ1n) is 14.9. The summed E-state index contributed by atoms with van der Waals surface area (Å²) in [6.07, 6.45) is 4.82. The molecule has 1 fully saturated rings. The van der Waals surface area contributed by atoms with Gasteiger partial charge in [0.2, 0.25) is 5.76 Å². The first kappa shape index (κ1) is 31.2. The van der Waals surface area contributed by atoms with Crippen LogP contribution in [0.1, 0.15) is 42.0 Å². The van der Waals surface area contributed by atoms with Gasteiger partial charge in [0, 0.05) is 70.3 Å². The minimum Gasteiger partial charge on any atom is -0.379 e. The number of fused-ring (bicyclic) bond motifs is 1. The van der Waals surface area contributed by atoms with E-state index in [4.69, 9.17) is 9.26 Å². The van der Waals surface area contributed by atoms with Crippen molar-refractivity contribution in [2.24, 2.45) is 14.1 Å². The van der Waals surface area contributed by atoms with Gasteiger partial charge in [0.15, 0.2) is 5.82 Å². The Morgan fingerprint density at radius 3 is 2.17 bits per heavy atom. The highest BCUT2D eigenvalue weighted by Gasteiger charge is 2.20. The molecule has 15 heteroatoms. The Morgan fingerprint density at radius 1 is 0.787 bits per heavy atom. The molecule has 5 heterocycles. The lowest BCUT2D eigenvalue weighted by molar-refractivity contribution is 0.0383. The van der Waals surface area contributed by atoms with E-state index in [2.05, 4.69) is 36.3 Å². The van der Waals surface area contributed by atoms with Crippen LogP contribution in [0.3, 0.4) is 0 Å². The third-order valence-corrected chi connectivity index (χ3v) is 7.65. The Labute approximate surface area is 268 Å². The first-order chi connectivity index (χ1) is 22.7. The highest BCUT2D eigenvalue weighted by atomic mass is 16.5. The van der Waals surface area contributed by atoms with E-state index in [1.54, 1.807) is 54.0 Å². The van der Waals surface area contributed by atoms with Crippen molar-refractivity contribution in [1.29, 1.82) is 0 Å². The summed E-state index contributed by atoms with van der Waals surface area (Å²) < 4.78 is 13.7. The number of nitrogens with zero attached hydrogens (tertiary/aromatic N) is 5. The number of carbonyl (C=O) groups excluding carboxylic acids is 4. The second kappa shape index (κ2) is 13.7. The van der Waals surface area contributed by atoms with Crippen molar-refractivity contribution >= 4 is 51.6 Å². The van der Waals surface area contributed by atoms with Crippen LogP contribution in [-0.4, -0.2) is 87.2 Å². The van der Waals surface area contributed by atoms with Crippen molar-refractivity contribution in [1.82, 2.24) is 29.5 Å². The number of anilines is 3. The third-order valence-electron chi connectivity index (χ3n) is 7.65. The van der Waals surface area contributed by atoms with Crippen LogP contribution in [0.5, 0.6) is 0 Å². The normalized spacial score (nSPS) is 13.3. The number of rotatable bonds is 10. The fourth-order valence-corrected chi connectivity index (χ4v) is 5.18. The molecule has 0 unspecified atom stereocenters. The lowest BCUT2D eigenvalue weighted by Crippen LogP contribution is -2.41. The molecule has 4 amide bonds. The van der Waals surface area contributed by atoms with Crippen LogP contribution in [0.15, 0.2) is 71.6 Å². The van der Waals surface area contributed by atoms with Crippen molar-refractivity contribution in [3.05, 3.63) is 90.0 Å². The Balaban J connectivity index is 1.02. The third kappa shape index (κ3) is 7.37. The van der Waals surface area contributed by atoms with Crippen molar-refractivity contribution in [3.8, 4) is 0 Å². The van der Waals surface area contributed by atoms with Crippen LogP contribution in [-0.2, 0) is 18.8 Å². The number of hydrogen-bond acceptors (Lipinski definition) is 9. The van der Waals surface area contributed by atoms with Gasteiger partial charge in [-0.05, 0) is 23.6 Å².